The fourth-order valence-electron chi connectivity index (χ4n) is 6.71. The van der Waals surface area contributed by atoms with E-state index in [2.05, 4.69) is 67.4 Å². The second kappa shape index (κ2) is 12.8. The predicted molar refractivity (Wildman–Crippen MR) is 169 cm³/mol. The number of aliphatic imine (C=N–C) groups is 2. The number of allylic oxidation sites excluding steroid dienone is 2. The van der Waals surface area contributed by atoms with Gasteiger partial charge in [0.1, 0.15) is 17.3 Å². The van der Waals surface area contributed by atoms with E-state index in [0.717, 1.165) is 86.0 Å². The molecule has 3 heterocycles. The van der Waals surface area contributed by atoms with Gasteiger partial charge in [0, 0.05) is 51.0 Å². The summed E-state index contributed by atoms with van der Waals surface area (Å²) in [5.41, 5.74) is 12.1. The molecule has 1 saturated carbocycles. The molecule has 4 atom stereocenters. The van der Waals surface area contributed by atoms with Crippen LogP contribution in [0.5, 0.6) is 5.75 Å². The monoisotopic (exact) mass is 546 g/mol. The van der Waals surface area contributed by atoms with E-state index in [1.807, 2.05) is 6.21 Å². The number of rotatable bonds is 5. The Bertz CT molecular complexity index is 1150. The van der Waals surface area contributed by atoms with Gasteiger partial charge in [-0.2, -0.15) is 0 Å². The second-order valence-electron chi connectivity index (χ2n) is 12.4. The molecule has 3 aliphatic heterocycles. The van der Waals surface area contributed by atoms with Crippen LogP contribution in [0.4, 0.5) is 17.1 Å². The Morgan fingerprint density at radius 3 is 2.60 bits per heavy atom. The molecule has 0 radical (unpaired) electrons. The SMILES string of the molecule is C=C1C=Nc2cc(N3CCCCC3)cc(OC3CCCC(C(N)C4=CCCCC(C)N(C)C(C)=N4)CC3)c2N1C. The summed E-state index contributed by atoms with van der Waals surface area (Å²) in [6.07, 6.45) is 16.9. The molecule has 7 nitrogen and oxygen atoms in total. The lowest BCUT2D eigenvalue weighted by molar-refractivity contribution is 0.182. The summed E-state index contributed by atoms with van der Waals surface area (Å²) in [5.74, 6) is 2.42. The fourth-order valence-corrected chi connectivity index (χ4v) is 6.71. The Kier molecular flexibility index (Phi) is 9.19. The van der Waals surface area contributed by atoms with E-state index in [1.54, 1.807) is 0 Å². The van der Waals surface area contributed by atoms with Gasteiger partial charge >= 0.3 is 0 Å². The van der Waals surface area contributed by atoms with Gasteiger partial charge in [-0.15, -0.1) is 0 Å². The Morgan fingerprint density at radius 2 is 1.80 bits per heavy atom. The first-order chi connectivity index (χ1) is 19.3. The summed E-state index contributed by atoms with van der Waals surface area (Å²) in [4.78, 5) is 16.7. The molecule has 218 valence electrons. The molecule has 1 aromatic carbocycles. The first-order valence-corrected chi connectivity index (χ1v) is 15.6. The van der Waals surface area contributed by atoms with E-state index in [9.17, 15) is 0 Å². The van der Waals surface area contributed by atoms with Gasteiger partial charge in [0.15, 0.2) is 0 Å². The summed E-state index contributed by atoms with van der Waals surface area (Å²) in [6.45, 7) is 10.8. The topological polar surface area (TPSA) is 69.7 Å². The normalized spacial score (nSPS) is 27.1. The molecule has 5 rings (SSSR count). The summed E-state index contributed by atoms with van der Waals surface area (Å²) in [7, 11) is 4.22. The van der Waals surface area contributed by atoms with Crippen LogP contribution in [0, 0.1) is 5.92 Å². The summed E-state index contributed by atoms with van der Waals surface area (Å²) >= 11 is 0. The number of hydrogen-bond acceptors (Lipinski definition) is 7. The highest BCUT2D eigenvalue weighted by molar-refractivity contribution is 5.96. The third-order valence-corrected chi connectivity index (χ3v) is 9.63. The summed E-state index contributed by atoms with van der Waals surface area (Å²) < 4.78 is 6.88. The van der Waals surface area contributed by atoms with Crippen molar-refractivity contribution in [2.45, 2.75) is 103 Å². The number of nitrogens with two attached hydrogens (primary N) is 1. The molecule has 4 unspecified atom stereocenters. The molecular formula is C33H50N6O. The van der Waals surface area contributed by atoms with Crippen LogP contribution in [0.3, 0.4) is 0 Å². The molecule has 7 heteroatoms. The fraction of sp³-hybridized carbons (Fsp3) is 0.636. The average molecular weight is 547 g/mol. The molecule has 0 amide bonds. The lowest BCUT2D eigenvalue weighted by Crippen LogP contribution is -2.35. The number of amidine groups is 1. The molecule has 40 heavy (non-hydrogen) atoms. The van der Waals surface area contributed by atoms with Crippen molar-refractivity contribution in [2.24, 2.45) is 21.6 Å². The minimum atomic E-state index is -0.0329. The quantitative estimate of drug-likeness (QED) is 0.411. The van der Waals surface area contributed by atoms with Crippen molar-refractivity contribution < 1.29 is 4.74 Å². The van der Waals surface area contributed by atoms with Gasteiger partial charge in [-0.05, 0) is 96.5 Å². The van der Waals surface area contributed by atoms with Gasteiger partial charge in [0.25, 0.3) is 0 Å². The van der Waals surface area contributed by atoms with Gasteiger partial charge in [-0.3, -0.25) is 4.99 Å². The zero-order valence-corrected chi connectivity index (χ0v) is 25.2. The molecule has 0 spiro atoms. The number of benzene rings is 1. The highest BCUT2D eigenvalue weighted by atomic mass is 16.5. The molecule has 0 aromatic heterocycles. The maximum absolute atomic E-state index is 6.96. The number of piperidine rings is 1. The molecule has 1 saturated heterocycles. The van der Waals surface area contributed by atoms with E-state index in [-0.39, 0.29) is 12.1 Å². The van der Waals surface area contributed by atoms with E-state index in [0.29, 0.717) is 12.0 Å². The maximum Gasteiger partial charge on any atom is 0.147 e. The third kappa shape index (κ3) is 6.40. The summed E-state index contributed by atoms with van der Waals surface area (Å²) in [5, 5.41) is 0. The van der Waals surface area contributed by atoms with Crippen LogP contribution in [-0.2, 0) is 0 Å². The molecule has 2 N–H and O–H groups in total. The van der Waals surface area contributed by atoms with Crippen LogP contribution in [0.15, 0.2) is 46.2 Å². The lowest BCUT2D eigenvalue weighted by Gasteiger charge is -2.33. The van der Waals surface area contributed by atoms with E-state index in [1.165, 1.54) is 37.8 Å². The van der Waals surface area contributed by atoms with Gasteiger partial charge in [0.2, 0.25) is 0 Å². The van der Waals surface area contributed by atoms with Crippen LogP contribution in [-0.4, -0.2) is 62.3 Å². The maximum atomic E-state index is 6.96. The molecule has 1 aliphatic carbocycles. The lowest BCUT2D eigenvalue weighted by atomic mass is 9.90. The number of hydrogen-bond donors (Lipinski definition) is 1. The first kappa shape index (κ1) is 28.7. The Labute approximate surface area is 241 Å². The largest absolute Gasteiger partial charge is 0.488 e. The third-order valence-electron chi connectivity index (χ3n) is 9.63. The van der Waals surface area contributed by atoms with E-state index >= 15 is 0 Å². The number of fused-ring (bicyclic) bond motifs is 1. The summed E-state index contributed by atoms with van der Waals surface area (Å²) in [6, 6.07) is 4.94. The molecule has 4 aliphatic rings. The number of nitrogens with zero attached hydrogens (tertiary/aromatic N) is 5. The molecule has 1 aromatic rings. The van der Waals surface area contributed by atoms with Crippen molar-refractivity contribution in [1.82, 2.24) is 4.90 Å². The van der Waals surface area contributed by atoms with Gasteiger partial charge in [-0.25, -0.2) is 4.99 Å². The minimum absolute atomic E-state index is 0.0329. The van der Waals surface area contributed by atoms with Gasteiger partial charge in [0.05, 0.1) is 29.4 Å². The van der Waals surface area contributed by atoms with Crippen LogP contribution < -0.4 is 20.3 Å². The molecule has 0 bridgehead atoms. The zero-order valence-electron chi connectivity index (χ0n) is 25.2. The highest BCUT2D eigenvalue weighted by Gasteiger charge is 2.29. The van der Waals surface area contributed by atoms with Crippen molar-refractivity contribution in [1.29, 1.82) is 0 Å². The molecule has 2 fully saturated rings. The minimum Gasteiger partial charge on any atom is -0.488 e. The van der Waals surface area contributed by atoms with Crippen LogP contribution in [0.25, 0.3) is 0 Å². The van der Waals surface area contributed by atoms with Crippen LogP contribution >= 0.6 is 0 Å². The van der Waals surface area contributed by atoms with E-state index < -0.39 is 0 Å². The first-order valence-electron chi connectivity index (χ1n) is 15.6. The number of ether oxygens (including phenoxy) is 1. The van der Waals surface area contributed by atoms with Crippen molar-refractivity contribution in [3.63, 3.8) is 0 Å². The van der Waals surface area contributed by atoms with Crippen molar-refractivity contribution in [3.05, 3.63) is 36.2 Å². The smallest absolute Gasteiger partial charge is 0.147 e. The average Bonchev–Trinajstić information content (AvgIpc) is 3.18. The Morgan fingerprint density at radius 1 is 1.00 bits per heavy atom. The van der Waals surface area contributed by atoms with Crippen molar-refractivity contribution >= 4 is 29.1 Å². The highest BCUT2D eigenvalue weighted by Crippen LogP contribution is 2.46. The van der Waals surface area contributed by atoms with E-state index in [4.69, 9.17) is 20.5 Å². The van der Waals surface area contributed by atoms with Gasteiger partial charge < -0.3 is 25.2 Å². The predicted octanol–water partition coefficient (Wildman–Crippen LogP) is 6.80. The Balaban J connectivity index is 1.32. The van der Waals surface area contributed by atoms with Crippen molar-refractivity contribution in [2.75, 3.05) is 37.0 Å². The van der Waals surface area contributed by atoms with Crippen LogP contribution in [0.1, 0.15) is 84.5 Å². The van der Waals surface area contributed by atoms with Crippen molar-refractivity contribution in [3.8, 4) is 5.75 Å². The zero-order chi connectivity index (χ0) is 28.2. The van der Waals surface area contributed by atoms with Gasteiger partial charge in [-0.1, -0.05) is 12.7 Å². The van der Waals surface area contributed by atoms with Crippen LogP contribution in [0.2, 0.25) is 0 Å². The Hall–Kier alpha value is -2.80. The second-order valence-corrected chi connectivity index (χ2v) is 12.4. The number of anilines is 2. The standard InChI is InChI=1S/C33H50N6O/c1-23-12-7-8-15-29(36-25(3)37(23)4)32(34)26-13-11-14-28(17-16-26)40-31-21-27(39-18-9-6-10-19-39)20-30-33(31)38(5)24(2)22-35-30/h15,20-23,26,28,32H,2,6-14,16-19,34H2,1,3-5H3. The molecular weight excluding hydrogens is 496 g/mol.